The number of carbonyl (C=O) groups excluding carboxylic acids is 1. The standard InChI is InChI=1S/C22H15ClO5S/c1-26-11-6-8-18-16(9-11)19(23)20(29-18)22(25)27-12-5-7-14-13-3-2-4-15(13)21(24)28-17(14)10-12/h5-10H,2-4H2,1H3. The molecule has 0 fully saturated rings. The molecule has 2 aromatic carbocycles. The number of rotatable bonds is 3. The van der Waals surface area contributed by atoms with E-state index < -0.39 is 5.97 Å². The van der Waals surface area contributed by atoms with Crippen LogP contribution < -0.4 is 15.1 Å². The summed E-state index contributed by atoms with van der Waals surface area (Å²) in [5.74, 6) is 0.405. The number of benzene rings is 2. The number of methoxy groups -OCH3 is 1. The lowest BCUT2D eigenvalue weighted by Crippen LogP contribution is -2.08. The molecule has 146 valence electrons. The highest BCUT2D eigenvalue weighted by Crippen LogP contribution is 2.38. The third-order valence-corrected chi connectivity index (χ3v) is 6.83. The number of carbonyl (C=O) groups is 1. The van der Waals surface area contributed by atoms with Crippen LogP contribution in [0.5, 0.6) is 11.5 Å². The molecule has 1 aliphatic carbocycles. The average molecular weight is 427 g/mol. The maximum absolute atomic E-state index is 12.7. The first kappa shape index (κ1) is 18.2. The van der Waals surface area contributed by atoms with E-state index in [1.54, 1.807) is 25.3 Å². The average Bonchev–Trinajstić information content (AvgIpc) is 3.33. The molecule has 1 aliphatic rings. The van der Waals surface area contributed by atoms with Crippen LogP contribution in [-0.2, 0) is 12.8 Å². The SMILES string of the molecule is COc1ccc2sc(C(=O)Oc3ccc4c5c(c(=O)oc4c3)CCC5)c(Cl)c2c1. The van der Waals surface area contributed by atoms with Gasteiger partial charge < -0.3 is 13.9 Å². The Morgan fingerprint density at radius 1 is 1.07 bits per heavy atom. The topological polar surface area (TPSA) is 65.7 Å². The van der Waals surface area contributed by atoms with E-state index >= 15 is 0 Å². The number of ether oxygens (including phenoxy) is 2. The first-order chi connectivity index (χ1) is 14.0. The molecule has 0 saturated carbocycles. The van der Waals surface area contributed by atoms with Gasteiger partial charge in [0.05, 0.1) is 12.1 Å². The zero-order valence-electron chi connectivity index (χ0n) is 15.4. The monoisotopic (exact) mass is 426 g/mol. The van der Waals surface area contributed by atoms with Crippen molar-refractivity contribution in [1.29, 1.82) is 0 Å². The second-order valence-electron chi connectivity index (χ2n) is 6.85. The largest absolute Gasteiger partial charge is 0.497 e. The lowest BCUT2D eigenvalue weighted by atomic mass is 10.1. The van der Waals surface area contributed by atoms with Crippen molar-refractivity contribution in [3.05, 3.63) is 67.8 Å². The minimum atomic E-state index is -0.557. The van der Waals surface area contributed by atoms with Gasteiger partial charge in [-0.3, -0.25) is 0 Å². The van der Waals surface area contributed by atoms with Crippen molar-refractivity contribution in [3.8, 4) is 11.5 Å². The Morgan fingerprint density at radius 3 is 2.69 bits per heavy atom. The van der Waals surface area contributed by atoms with Crippen molar-refractivity contribution in [2.75, 3.05) is 7.11 Å². The van der Waals surface area contributed by atoms with Crippen molar-refractivity contribution in [2.24, 2.45) is 0 Å². The van der Waals surface area contributed by atoms with Crippen molar-refractivity contribution in [2.45, 2.75) is 19.3 Å². The van der Waals surface area contributed by atoms with Crippen LogP contribution in [0.15, 0.2) is 45.6 Å². The van der Waals surface area contributed by atoms with E-state index in [2.05, 4.69) is 0 Å². The number of aryl methyl sites for hydroxylation is 1. The van der Waals surface area contributed by atoms with Gasteiger partial charge in [-0.1, -0.05) is 11.6 Å². The lowest BCUT2D eigenvalue weighted by molar-refractivity contribution is 0.0740. The van der Waals surface area contributed by atoms with Gasteiger partial charge >= 0.3 is 11.6 Å². The summed E-state index contributed by atoms with van der Waals surface area (Å²) in [5.41, 5.74) is 1.91. The number of hydrogen-bond donors (Lipinski definition) is 0. The second-order valence-corrected chi connectivity index (χ2v) is 8.29. The molecule has 0 radical (unpaired) electrons. The second kappa shape index (κ2) is 6.90. The van der Waals surface area contributed by atoms with E-state index in [1.807, 2.05) is 18.2 Å². The van der Waals surface area contributed by atoms with E-state index in [9.17, 15) is 9.59 Å². The van der Waals surface area contributed by atoms with Crippen LogP contribution in [0, 0.1) is 0 Å². The fraction of sp³-hybridized carbons (Fsp3) is 0.182. The molecule has 0 atom stereocenters. The van der Waals surface area contributed by atoms with Crippen molar-refractivity contribution < 1.29 is 18.7 Å². The maximum atomic E-state index is 12.7. The summed E-state index contributed by atoms with van der Waals surface area (Å²) in [6.45, 7) is 0. The molecule has 0 spiro atoms. The summed E-state index contributed by atoms with van der Waals surface area (Å²) in [7, 11) is 1.57. The molecule has 4 aromatic rings. The van der Waals surface area contributed by atoms with Crippen LogP contribution in [-0.4, -0.2) is 13.1 Å². The Balaban J connectivity index is 1.50. The van der Waals surface area contributed by atoms with Crippen LogP contribution in [0.2, 0.25) is 5.02 Å². The smallest absolute Gasteiger partial charge is 0.355 e. The molecule has 0 bridgehead atoms. The zero-order chi connectivity index (χ0) is 20.1. The summed E-state index contributed by atoms with van der Waals surface area (Å²) < 4.78 is 17.1. The number of hydrogen-bond acceptors (Lipinski definition) is 6. The summed E-state index contributed by atoms with van der Waals surface area (Å²) in [6, 6.07) is 10.6. The number of halogens is 1. The molecule has 0 unspecified atom stereocenters. The van der Waals surface area contributed by atoms with E-state index in [-0.39, 0.29) is 5.63 Å². The highest BCUT2D eigenvalue weighted by atomic mass is 35.5. The van der Waals surface area contributed by atoms with Crippen LogP contribution in [0.4, 0.5) is 0 Å². The molecule has 5 nitrogen and oxygen atoms in total. The molecule has 0 N–H and O–H groups in total. The highest BCUT2D eigenvalue weighted by Gasteiger charge is 2.22. The molecular formula is C22H15ClO5S. The Hall–Kier alpha value is -2.83. The lowest BCUT2D eigenvalue weighted by Gasteiger charge is -2.07. The van der Waals surface area contributed by atoms with Crippen LogP contribution in [0.1, 0.15) is 27.2 Å². The van der Waals surface area contributed by atoms with Crippen molar-refractivity contribution in [3.63, 3.8) is 0 Å². The van der Waals surface area contributed by atoms with Gasteiger partial charge in [-0.2, -0.15) is 0 Å². The van der Waals surface area contributed by atoms with Gasteiger partial charge in [-0.25, -0.2) is 9.59 Å². The number of thiophene rings is 1. The fourth-order valence-electron chi connectivity index (χ4n) is 3.79. The summed E-state index contributed by atoms with van der Waals surface area (Å²) in [6.07, 6.45) is 2.56. The summed E-state index contributed by atoms with van der Waals surface area (Å²) >= 11 is 7.68. The molecule has 5 rings (SSSR count). The number of esters is 1. The predicted octanol–water partition coefficient (Wildman–Crippen LogP) is 5.38. The van der Waals surface area contributed by atoms with Crippen molar-refractivity contribution >= 4 is 50.0 Å². The van der Waals surface area contributed by atoms with Gasteiger partial charge in [-0.15, -0.1) is 11.3 Å². The van der Waals surface area contributed by atoms with E-state index in [0.717, 1.165) is 45.9 Å². The predicted molar refractivity (Wildman–Crippen MR) is 113 cm³/mol. The van der Waals surface area contributed by atoms with Gasteiger partial charge in [0.25, 0.3) is 0 Å². The molecule has 2 aromatic heterocycles. The molecule has 29 heavy (non-hydrogen) atoms. The van der Waals surface area contributed by atoms with E-state index in [0.29, 0.717) is 27.0 Å². The number of fused-ring (bicyclic) bond motifs is 4. The summed E-state index contributed by atoms with van der Waals surface area (Å²) in [5, 5.41) is 1.96. The Morgan fingerprint density at radius 2 is 1.86 bits per heavy atom. The first-order valence-corrected chi connectivity index (χ1v) is 10.3. The van der Waals surface area contributed by atoms with Gasteiger partial charge in [0.2, 0.25) is 0 Å². The quantitative estimate of drug-likeness (QED) is 0.250. The van der Waals surface area contributed by atoms with E-state index in [1.165, 1.54) is 11.3 Å². The molecule has 2 heterocycles. The van der Waals surface area contributed by atoms with Crippen LogP contribution in [0.3, 0.4) is 0 Å². The van der Waals surface area contributed by atoms with E-state index in [4.69, 9.17) is 25.5 Å². The Labute approximate surface area is 174 Å². The fourth-order valence-corrected chi connectivity index (χ4v) is 5.14. The maximum Gasteiger partial charge on any atom is 0.355 e. The third kappa shape index (κ3) is 2.99. The molecule has 0 amide bonds. The van der Waals surface area contributed by atoms with Crippen LogP contribution in [0.25, 0.3) is 21.1 Å². The zero-order valence-corrected chi connectivity index (χ0v) is 17.0. The van der Waals surface area contributed by atoms with Gasteiger partial charge in [0.15, 0.2) is 0 Å². The van der Waals surface area contributed by atoms with Crippen LogP contribution >= 0.6 is 22.9 Å². The van der Waals surface area contributed by atoms with Gasteiger partial charge in [0, 0.05) is 27.1 Å². The highest BCUT2D eigenvalue weighted by molar-refractivity contribution is 7.21. The molecule has 7 heteroatoms. The molecule has 0 aliphatic heterocycles. The molecular weight excluding hydrogens is 412 g/mol. The van der Waals surface area contributed by atoms with Gasteiger partial charge in [0.1, 0.15) is 22.0 Å². The minimum absolute atomic E-state index is 0.301. The minimum Gasteiger partial charge on any atom is -0.497 e. The normalized spacial score (nSPS) is 13.0. The van der Waals surface area contributed by atoms with Gasteiger partial charge in [-0.05, 0) is 55.2 Å². The Bertz CT molecular complexity index is 1350. The van der Waals surface area contributed by atoms with Crippen molar-refractivity contribution in [1.82, 2.24) is 0 Å². The Kier molecular flexibility index (Phi) is 4.33. The molecule has 0 saturated heterocycles. The third-order valence-electron chi connectivity index (χ3n) is 5.18. The summed E-state index contributed by atoms with van der Waals surface area (Å²) in [4.78, 5) is 25.2. The first-order valence-electron chi connectivity index (χ1n) is 9.12.